The van der Waals surface area contributed by atoms with Crippen molar-refractivity contribution in [1.29, 1.82) is 0 Å². The molecule has 4 rings (SSSR count). The van der Waals surface area contributed by atoms with Crippen LogP contribution in [0.3, 0.4) is 0 Å². The monoisotopic (exact) mass is 279 g/mol. The summed E-state index contributed by atoms with van der Waals surface area (Å²) in [6, 6.07) is 1.08. The Balaban J connectivity index is 1.35. The molecule has 3 aliphatic heterocycles. The molecule has 3 heterocycles. The lowest BCUT2D eigenvalue weighted by Gasteiger charge is -2.44. The number of ether oxygens (including phenoxy) is 1. The summed E-state index contributed by atoms with van der Waals surface area (Å²) in [6.07, 6.45) is 5.55. The van der Waals surface area contributed by atoms with E-state index in [4.69, 9.17) is 4.74 Å². The molecule has 5 nitrogen and oxygen atoms in total. The summed E-state index contributed by atoms with van der Waals surface area (Å²) in [5.41, 5.74) is 0.264. The summed E-state index contributed by atoms with van der Waals surface area (Å²) in [4.78, 5) is 14.8. The normalized spacial score (nSPS) is 39.4. The third kappa shape index (κ3) is 2.26. The molecule has 4 aliphatic rings. The van der Waals surface area contributed by atoms with Gasteiger partial charge in [0.05, 0.1) is 5.92 Å². The highest BCUT2D eigenvalue weighted by atomic mass is 16.5. The van der Waals surface area contributed by atoms with Crippen molar-refractivity contribution in [3.63, 3.8) is 0 Å². The van der Waals surface area contributed by atoms with Gasteiger partial charge >= 0.3 is 0 Å². The molecular formula is C15H25N3O2. The SMILES string of the molecule is O=C(C1CCC2(CCOCC2)NC1)N1CCNC2CC21. The molecule has 0 bridgehead atoms. The molecule has 112 valence electrons. The van der Waals surface area contributed by atoms with Gasteiger partial charge in [-0.2, -0.15) is 0 Å². The Labute approximate surface area is 120 Å². The summed E-state index contributed by atoms with van der Waals surface area (Å²) >= 11 is 0. The number of carbonyl (C=O) groups is 1. The second-order valence-electron chi connectivity index (χ2n) is 6.90. The molecule has 0 aromatic heterocycles. The van der Waals surface area contributed by atoms with E-state index in [1.165, 1.54) is 0 Å². The number of nitrogens with one attached hydrogen (secondary N) is 2. The van der Waals surface area contributed by atoms with Crippen molar-refractivity contribution in [2.24, 2.45) is 5.92 Å². The van der Waals surface area contributed by atoms with Crippen LogP contribution in [0.2, 0.25) is 0 Å². The van der Waals surface area contributed by atoms with Gasteiger partial charge in [0, 0.05) is 50.5 Å². The number of hydrogen-bond donors (Lipinski definition) is 2. The number of piperidine rings is 1. The Kier molecular flexibility index (Phi) is 3.24. The maximum absolute atomic E-state index is 12.7. The van der Waals surface area contributed by atoms with Crippen LogP contribution in [0.25, 0.3) is 0 Å². The summed E-state index contributed by atoms with van der Waals surface area (Å²) < 4.78 is 5.46. The van der Waals surface area contributed by atoms with Crippen molar-refractivity contribution in [2.75, 3.05) is 32.8 Å². The first kappa shape index (κ1) is 13.0. The second kappa shape index (κ2) is 4.97. The molecule has 0 aromatic rings. The van der Waals surface area contributed by atoms with E-state index in [0.717, 1.165) is 65.0 Å². The van der Waals surface area contributed by atoms with E-state index in [1.807, 2.05) is 0 Å². The van der Waals surface area contributed by atoms with Gasteiger partial charge in [-0.15, -0.1) is 0 Å². The summed E-state index contributed by atoms with van der Waals surface area (Å²) in [7, 11) is 0. The van der Waals surface area contributed by atoms with Crippen LogP contribution in [0.15, 0.2) is 0 Å². The molecule has 3 saturated heterocycles. The van der Waals surface area contributed by atoms with Gasteiger partial charge in [0.25, 0.3) is 0 Å². The Morgan fingerprint density at radius 2 is 2.10 bits per heavy atom. The average molecular weight is 279 g/mol. The number of hydrogen-bond acceptors (Lipinski definition) is 4. The van der Waals surface area contributed by atoms with Gasteiger partial charge in [-0.05, 0) is 32.1 Å². The Morgan fingerprint density at radius 3 is 2.85 bits per heavy atom. The van der Waals surface area contributed by atoms with Crippen LogP contribution in [-0.2, 0) is 9.53 Å². The fraction of sp³-hybridized carbons (Fsp3) is 0.933. The van der Waals surface area contributed by atoms with Gasteiger partial charge in [-0.25, -0.2) is 0 Å². The lowest BCUT2D eigenvalue weighted by Crippen LogP contribution is -2.57. The predicted octanol–water partition coefficient (Wildman–Crippen LogP) is 0.108. The van der Waals surface area contributed by atoms with Crippen LogP contribution >= 0.6 is 0 Å². The smallest absolute Gasteiger partial charge is 0.227 e. The predicted molar refractivity (Wildman–Crippen MR) is 75.4 cm³/mol. The molecule has 3 atom stereocenters. The molecule has 1 spiro atoms. The van der Waals surface area contributed by atoms with Crippen LogP contribution in [-0.4, -0.2) is 61.3 Å². The molecule has 1 saturated carbocycles. The first-order valence-electron chi connectivity index (χ1n) is 8.14. The Morgan fingerprint density at radius 1 is 1.25 bits per heavy atom. The number of nitrogens with zero attached hydrogens (tertiary/aromatic N) is 1. The average Bonchev–Trinajstić information content (AvgIpc) is 3.27. The molecule has 5 heteroatoms. The van der Waals surface area contributed by atoms with Crippen LogP contribution in [0.1, 0.15) is 32.1 Å². The summed E-state index contributed by atoms with van der Waals surface area (Å²) in [6.45, 7) is 4.46. The fourth-order valence-corrected chi connectivity index (χ4v) is 4.17. The Hall–Kier alpha value is -0.650. The third-order valence-corrected chi connectivity index (χ3v) is 5.69. The zero-order valence-corrected chi connectivity index (χ0v) is 12.1. The van der Waals surface area contributed by atoms with E-state index in [1.54, 1.807) is 0 Å². The van der Waals surface area contributed by atoms with Crippen molar-refractivity contribution in [3.8, 4) is 0 Å². The highest BCUT2D eigenvalue weighted by molar-refractivity contribution is 5.80. The zero-order valence-electron chi connectivity index (χ0n) is 12.1. The van der Waals surface area contributed by atoms with Gasteiger partial charge in [0.1, 0.15) is 0 Å². The van der Waals surface area contributed by atoms with E-state index in [2.05, 4.69) is 15.5 Å². The van der Waals surface area contributed by atoms with Gasteiger partial charge in [-0.1, -0.05) is 0 Å². The highest BCUT2D eigenvalue weighted by Crippen LogP contribution is 2.35. The third-order valence-electron chi connectivity index (χ3n) is 5.69. The molecule has 0 radical (unpaired) electrons. The number of rotatable bonds is 1. The molecule has 3 unspecified atom stereocenters. The molecule has 4 fully saturated rings. The largest absolute Gasteiger partial charge is 0.381 e. The van der Waals surface area contributed by atoms with Crippen molar-refractivity contribution in [1.82, 2.24) is 15.5 Å². The molecule has 20 heavy (non-hydrogen) atoms. The maximum atomic E-state index is 12.7. The first-order chi connectivity index (χ1) is 9.77. The standard InChI is InChI=1S/C15H25N3O2/c19-14(18-6-5-16-12-9-13(12)18)11-1-2-15(17-10-11)3-7-20-8-4-15/h11-13,16-17H,1-10H2. The van der Waals surface area contributed by atoms with Crippen LogP contribution < -0.4 is 10.6 Å². The minimum absolute atomic E-state index is 0.197. The van der Waals surface area contributed by atoms with Crippen molar-refractivity contribution in [3.05, 3.63) is 0 Å². The number of fused-ring (bicyclic) bond motifs is 1. The zero-order chi connectivity index (χ0) is 13.6. The topological polar surface area (TPSA) is 53.6 Å². The van der Waals surface area contributed by atoms with Crippen molar-refractivity contribution in [2.45, 2.75) is 49.7 Å². The molecule has 2 N–H and O–H groups in total. The fourth-order valence-electron chi connectivity index (χ4n) is 4.17. The number of carbonyl (C=O) groups excluding carboxylic acids is 1. The molecule has 1 aliphatic carbocycles. The van der Waals surface area contributed by atoms with Crippen molar-refractivity contribution >= 4 is 5.91 Å². The van der Waals surface area contributed by atoms with E-state index < -0.39 is 0 Å². The molecule has 0 aromatic carbocycles. The lowest BCUT2D eigenvalue weighted by atomic mass is 9.78. The quantitative estimate of drug-likeness (QED) is 0.715. The molecule has 1 amide bonds. The summed E-state index contributed by atoms with van der Waals surface area (Å²) in [5.74, 6) is 0.594. The lowest BCUT2D eigenvalue weighted by molar-refractivity contribution is -0.138. The van der Waals surface area contributed by atoms with Gasteiger partial charge in [0.2, 0.25) is 5.91 Å². The van der Waals surface area contributed by atoms with E-state index in [9.17, 15) is 4.79 Å². The second-order valence-corrected chi connectivity index (χ2v) is 6.90. The minimum atomic E-state index is 0.197. The minimum Gasteiger partial charge on any atom is -0.381 e. The highest BCUT2D eigenvalue weighted by Gasteiger charge is 2.48. The van der Waals surface area contributed by atoms with Gasteiger partial charge in [0.15, 0.2) is 0 Å². The van der Waals surface area contributed by atoms with E-state index >= 15 is 0 Å². The van der Waals surface area contributed by atoms with Crippen LogP contribution in [0, 0.1) is 5.92 Å². The molecular weight excluding hydrogens is 254 g/mol. The van der Waals surface area contributed by atoms with Gasteiger partial charge in [-0.3, -0.25) is 4.79 Å². The van der Waals surface area contributed by atoms with Crippen molar-refractivity contribution < 1.29 is 9.53 Å². The van der Waals surface area contributed by atoms with Crippen LogP contribution in [0.5, 0.6) is 0 Å². The summed E-state index contributed by atoms with van der Waals surface area (Å²) in [5, 5.41) is 7.16. The maximum Gasteiger partial charge on any atom is 0.227 e. The van der Waals surface area contributed by atoms with Crippen LogP contribution in [0.4, 0.5) is 0 Å². The number of amides is 1. The van der Waals surface area contributed by atoms with Gasteiger partial charge < -0.3 is 20.3 Å². The Bertz CT molecular complexity index is 385. The number of piperazine rings is 1. The van der Waals surface area contributed by atoms with E-state index in [-0.39, 0.29) is 11.5 Å². The first-order valence-corrected chi connectivity index (χ1v) is 8.14. The van der Waals surface area contributed by atoms with E-state index in [0.29, 0.717) is 18.0 Å².